The highest BCUT2D eigenvalue weighted by Gasteiger charge is 2.13. The Morgan fingerprint density at radius 2 is 2.36 bits per heavy atom. The molecule has 11 heavy (non-hydrogen) atoms. The summed E-state index contributed by atoms with van der Waals surface area (Å²) in [6, 6.07) is 0.214. The van der Waals surface area contributed by atoms with Crippen LogP contribution in [-0.4, -0.2) is 31.9 Å². The molecule has 1 aliphatic rings. The Morgan fingerprint density at radius 1 is 1.55 bits per heavy atom. The van der Waals surface area contributed by atoms with Gasteiger partial charge in [-0.05, 0) is 0 Å². The maximum absolute atomic E-state index is 7.06. The highest BCUT2D eigenvalue weighted by molar-refractivity contribution is 5.77. The van der Waals surface area contributed by atoms with E-state index in [1.54, 1.807) is 0 Å². The van der Waals surface area contributed by atoms with Crippen molar-refractivity contribution in [2.24, 2.45) is 5.73 Å². The van der Waals surface area contributed by atoms with Crippen LogP contribution in [0.25, 0.3) is 0 Å². The van der Waals surface area contributed by atoms with Gasteiger partial charge in [-0.3, -0.25) is 0 Å². The van der Waals surface area contributed by atoms with Crippen LogP contribution in [0.4, 0.5) is 0 Å². The lowest BCUT2D eigenvalue weighted by Gasteiger charge is -2.24. The molecular formula is C7H14N4. The summed E-state index contributed by atoms with van der Waals surface area (Å²) in [5, 5.41) is 13.5. The fourth-order valence-corrected chi connectivity index (χ4v) is 1.15. The number of piperazine rings is 1. The van der Waals surface area contributed by atoms with Gasteiger partial charge in [0, 0.05) is 43.7 Å². The van der Waals surface area contributed by atoms with E-state index in [1.165, 1.54) is 12.4 Å². The Kier molecular flexibility index (Phi) is 3.07. The van der Waals surface area contributed by atoms with Gasteiger partial charge in [-0.1, -0.05) is 0 Å². The molecule has 1 atom stereocenters. The van der Waals surface area contributed by atoms with E-state index in [0.717, 1.165) is 25.2 Å². The van der Waals surface area contributed by atoms with E-state index in [0.29, 0.717) is 0 Å². The molecule has 0 radical (unpaired) electrons. The lowest BCUT2D eigenvalue weighted by atomic mass is 10.1. The van der Waals surface area contributed by atoms with E-state index in [1.807, 2.05) is 0 Å². The van der Waals surface area contributed by atoms with Gasteiger partial charge in [0.05, 0.1) is 0 Å². The SMILES string of the molecule is N=C/C(=C\N)C1CNCCN1. The first kappa shape index (κ1) is 8.23. The molecule has 0 aromatic rings. The zero-order valence-electron chi connectivity index (χ0n) is 6.43. The zero-order valence-corrected chi connectivity index (χ0v) is 6.43. The van der Waals surface area contributed by atoms with Gasteiger partial charge in [0.15, 0.2) is 0 Å². The molecule has 0 spiro atoms. The van der Waals surface area contributed by atoms with E-state index in [4.69, 9.17) is 11.1 Å². The summed E-state index contributed by atoms with van der Waals surface area (Å²) in [4.78, 5) is 0. The summed E-state index contributed by atoms with van der Waals surface area (Å²) < 4.78 is 0. The van der Waals surface area contributed by atoms with Gasteiger partial charge in [0.2, 0.25) is 0 Å². The third-order valence-electron chi connectivity index (χ3n) is 1.80. The molecule has 5 N–H and O–H groups in total. The van der Waals surface area contributed by atoms with Crippen molar-refractivity contribution in [3.05, 3.63) is 11.8 Å². The van der Waals surface area contributed by atoms with Gasteiger partial charge >= 0.3 is 0 Å². The third kappa shape index (κ3) is 2.03. The minimum Gasteiger partial charge on any atom is -0.404 e. The summed E-state index contributed by atoms with van der Waals surface area (Å²) in [5.41, 5.74) is 6.18. The van der Waals surface area contributed by atoms with Crippen LogP contribution in [0.15, 0.2) is 11.8 Å². The summed E-state index contributed by atoms with van der Waals surface area (Å²) in [6.45, 7) is 2.79. The lowest BCUT2D eigenvalue weighted by Crippen LogP contribution is -2.49. The Bertz CT molecular complexity index is 158. The van der Waals surface area contributed by atoms with E-state index < -0.39 is 0 Å². The Labute approximate surface area is 66.4 Å². The lowest BCUT2D eigenvalue weighted by molar-refractivity contribution is 0.464. The summed E-state index contributed by atoms with van der Waals surface area (Å²) in [5.74, 6) is 0. The van der Waals surface area contributed by atoms with Crippen LogP contribution < -0.4 is 16.4 Å². The average Bonchev–Trinajstić information content (AvgIpc) is 2.09. The standard InChI is InChI=1S/C7H14N4/c8-3-6(4-9)7-5-10-1-2-11-7/h3-4,7-8,10-11H,1-2,5,9H2/b6-4+,8-3?. The number of rotatable bonds is 2. The number of nitrogens with two attached hydrogens (primary N) is 1. The molecule has 4 heteroatoms. The second-order valence-electron chi connectivity index (χ2n) is 2.52. The highest BCUT2D eigenvalue weighted by atomic mass is 15.1. The molecule has 0 aliphatic carbocycles. The van der Waals surface area contributed by atoms with Crippen molar-refractivity contribution in [1.29, 1.82) is 5.41 Å². The van der Waals surface area contributed by atoms with E-state index >= 15 is 0 Å². The van der Waals surface area contributed by atoms with Crippen molar-refractivity contribution >= 4 is 6.21 Å². The molecule has 1 heterocycles. The van der Waals surface area contributed by atoms with Crippen molar-refractivity contribution in [1.82, 2.24) is 10.6 Å². The van der Waals surface area contributed by atoms with Gasteiger partial charge in [-0.2, -0.15) is 0 Å². The monoisotopic (exact) mass is 154 g/mol. The molecule has 4 nitrogen and oxygen atoms in total. The van der Waals surface area contributed by atoms with Crippen LogP contribution in [0.2, 0.25) is 0 Å². The summed E-state index contributed by atoms with van der Waals surface area (Å²) in [7, 11) is 0. The first-order chi connectivity index (χ1) is 5.38. The van der Waals surface area contributed by atoms with Crippen LogP contribution >= 0.6 is 0 Å². The molecule has 0 aromatic heterocycles. The second kappa shape index (κ2) is 4.10. The van der Waals surface area contributed by atoms with Gasteiger partial charge in [0.25, 0.3) is 0 Å². The fraction of sp³-hybridized carbons (Fsp3) is 0.571. The molecule has 1 aliphatic heterocycles. The molecule has 1 unspecified atom stereocenters. The predicted molar refractivity (Wildman–Crippen MR) is 45.7 cm³/mol. The Hall–Kier alpha value is -0.870. The Morgan fingerprint density at radius 3 is 2.82 bits per heavy atom. The third-order valence-corrected chi connectivity index (χ3v) is 1.80. The summed E-state index contributed by atoms with van der Waals surface area (Å²) in [6.07, 6.45) is 2.78. The molecule has 0 aromatic carbocycles. The van der Waals surface area contributed by atoms with E-state index in [9.17, 15) is 0 Å². The normalized spacial score (nSPS) is 26.5. The Balaban J connectivity index is 2.49. The van der Waals surface area contributed by atoms with Crippen molar-refractivity contribution in [2.45, 2.75) is 6.04 Å². The van der Waals surface area contributed by atoms with Gasteiger partial charge in [0.1, 0.15) is 0 Å². The molecule has 0 saturated carbocycles. The predicted octanol–water partition coefficient (Wildman–Crippen LogP) is -0.960. The maximum Gasteiger partial charge on any atom is 0.0476 e. The number of hydrogen-bond donors (Lipinski definition) is 4. The molecule has 1 rings (SSSR count). The van der Waals surface area contributed by atoms with E-state index in [-0.39, 0.29) is 6.04 Å². The van der Waals surface area contributed by atoms with Crippen molar-refractivity contribution in [3.8, 4) is 0 Å². The first-order valence-electron chi connectivity index (χ1n) is 3.75. The fourth-order valence-electron chi connectivity index (χ4n) is 1.15. The van der Waals surface area contributed by atoms with Gasteiger partial charge in [-0.25, -0.2) is 0 Å². The first-order valence-corrected chi connectivity index (χ1v) is 3.75. The second-order valence-corrected chi connectivity index (χ2v) is 2.52. The molecule has 0 amide bonds. The average molecular weight is 154 g/mol. The zero-order chi connectivity index (χ0) is 8.10. The molecule has 0 bridgehead atoms. The van der Waals surface area contributed by atoms with Crippen LogP contribution in [0.3, 0.4) is 0 Å². The highest BCUT2D eigenvalue weighted by Crippen LogP contribution is 1.98. The largest absolute Gasteiger partial charge is 0.404 e. The van der Waals surface area contributed by atoms with Crippen LogP contribution in [-0.2, 0) is 0 Å². The minimum atomic E-state index is 0.214. The summed E-state index contributed by atoms with van der Waals surface area (Å²) >= 11 is 0. The molecule has 1 saturated heterocycles. The van der Waals surface area contributed by atoms with Crippen LogP contribution in [0.5, 0.6) is 0 Å². The van der Waals surface area contributed by atoms with Gasteiger partial charge in [-0.15, -0.1) is 0 Å². The quantitative estimate of drug-likeness (QED) is 0.387. The number of hydrogen-bond acceptors (Lipinski definition) is 4. The minimum absolute atomic E-state index is 0.214. The topological polar surface area (TPSA) is 73.9 Å². The molecule has 62 valence electrons. The molecular weight excluding hydrogens is 140 g/mol. The van der Waals surface area contributed by atoms with Crippen LogP contribution in [0, 0.1) is 5.41 Å². The van der Waals surface area contributed by atoms with Gasteiger partial charge < -0.3 is 21.8 Å². The van der Waals surface area contributed by atoms with Crippen molar-refractivity contribution in [3.63, 3.8) is 0 Å². The smallest absolute Gasteiger partial charge is 0.0476 e. The van der Waals surface area contributed by atoms with Crippen molar-refractivity contribution in [2.75, 3.05) is 19.6 Å². The van der Waals surface area contributed by atoms with Crippen molar-refractivity contribution < 1.29 is 0 Å². The maximum atomic E-state index is 7.06. The van der Waals surface area contributed by atoms with E-state index in [2.05, 4.69) is 10.6 Å². The molecule has 1 fully saturated rings. The van der Waals surface area contributed by atoms with Crippen LogP contribution in [0.1, 0.15) is 0 Å². The number of nitrogens with one attached hydrogen (secondary N) is 3.